The summed E-state index contributed by atoms with van der Waals surface area (Å²) < 4.78 is 5.31. The van der Waals surface area contributed by atoms with E-state index in [0.29, 0.717) is 5.92 Å². The molecule has 0 aromatic rings. The number of nitrogens with zero attached hydrogens (tertiary/aromatic N) is 1. The first-order valence-corrected chi connectivity index (χ1v) is 5.74. The first-order chi connectivity index (χ1) is 7.58. The van der Waals surface area contributed by atoms with Gasteiger partial charge in [-0.1, -0.05) is 5.57 Å². The molecule has 4 heteroatoms. The molecule has 1 heterocycles. The number of aliphatic carboxylic acids is 1. The van der Waals surface area contributed by atoms with Gasteiger partial charge in [0.15, 0.2) is 0 Å². The number of likely N-dealkylation sites (N-methyl/N-ethyl adjacent to an activating group) is 1. The van der Waals surface area contributed by atoms with Crippen molar-refractivity contribution in [2.45, 2.75) is 19.8 Å². The molecule has 0 unspecified atom stereocenters. The van der Waals surface area contributed by atoms with Crippen molar-refractivity contribution in [3.63, 3.8) is 0 Å². The summed E-state index contributed by atoms with van der Waals surface area (Å²) in [6, 6.07) is 0. The molecule has 0 atom stereocenters. The molecule has 1 aliphatic heterocycles. The van der Waals surface area contributed by atoms with E-state index >= 15 is 0 Å². The minimum Gasteiger partial charge on any atom is -0.478 e. The summed E-state index contributed by atoms with van der Waals surface area (Å²) in [7, 11) is 2.04. The molecule has 0 spiro atoms. The van der Waals surface area contributed by atoms with Crippen LogP contribution in [0.2, 0.25) is 0 Å². The fourth-order valence-electron chi connectivity index (χ4n) is 2.12. The van der Waals surface area contributed by atoms with Crippen LogP contribution in [-0.4, -0.2) is 49.3 Å². The average Bonchev–Trinajstić information content (AvgIpc) is 2.17. The molecule has 0 aromatic heterocycles. The van der Waals surface area contributed by atoms with Crippen LogP contribution < -0.4 is 0 Å². The van der Waals surface area contributed by atoms with Gasteiger partial charge in [0.1, 0.15) is 0 Å². The van der Waals surface area contributed by atoms with E-state index in [-0.39, 0.29) is 0 Å². The third kappa shape index (κ3) is 5.28. The Kier molecular flexibility index (Phi) is 5.49. The zero-order chi connectivity index (χ0) is 12.0. The number of ether oxygens (including phenoxy) is 1. The zero-order valence-corrected chi connectivity index (χ0v) is 10.1. The quantitative estimate of drug-likeness (QED) is 0.721. The lowest BCUT2D eigenvalue weighted by Gasteiger charge is -2.27. The maximum absolute atomic E-state index is 10.5. The first-order valence-electron chi connectivity index (χ1n) is 5.74. The highest BCUT2D eigenvalue weighted by atomic mass is 16.5. The molecule has 1 N–H and O–H groups in total. The molecule has 0 amide bonds. The largest absolute Gasteiger partial charge is 0.478 e. The monoisotopic (exact) mass is 227 g/mol. The van der Waals surface area contributed by atoms with Crippen LogP contribution in [0.15, 0.2) is 11.6 Å². The summed E-state index contributed by atoms with van der Waals surface area (Å²) in [6.45, 7) is 5.33. The van der Waals surface area contributed by atoms with Crippen LogP contribution in [0.5, 0.6) is 0 Å². The van der Waals surface area contributed by atoms with Gasteiger partial charge in [-0.3, -0.25) is 0 Å². The molecule has 0 aliphatic carbocycles. The molecule has 16 heavy (non-hydrogen) atoms. The van der Waals surface area contributed by atoms with Crippen molar-refractivity contribution in [3.8, 4) is 0 Å². The second-order valence-electron chi connectivity index (χ2n) is 4.58. The van der Waals surface area contributed by atoms with Crippen molar-refractivity contribution >= 4 is 5.97 Å². The minimum absolute atomic E-state index is 0.691. The van der Waals surface area contributed by atoms with Gasteiger partial charge in [-0.2, -0.15) is 0 Å². The fourth-order valence-corrected chi connectivity index (χ4v) is 2.12. The average molecular weight is 227 g/mol. The molecular weight excluding hydrogens is 206 g/mol. The summed E-state index contributed by atoms with van der Waals surface area (Å²) in [4.78, 5) is 12.7. The predicted octanol–water partition coefficient (Wildman–Crippen LogP) is 1.38. The Balaban J connectivity index is 2.28. The highest BCUT2D eigenvalue weighted by molar-refractivity contribution is 5.80. The SMILES string of the molecule is CC(=CC(=O)O)CN(C)CC1CCOCC1. The molecule has 4 nitrogen and oxygen atoms in total. The number of carboxylic acid groups (broad SMARTS) is 1. The van der Waals surface area contributed by atoms with Gasteiger partial charge in [0, 0.05) is 32.4 Å². The number of hydrogen-bond donors (Lipinski definition) is 1. The predicted molar refractivity (Wildman–Crippen MR) is 62.4 cm³/mol. The smallest absolute Gasteiger partial charge is 0.328 e. The van der Waals surface area contributed by atoms with E-state index in [1.807, 2.05) is 14.0 Å². The van der Waals surface area contributed by atoms with Gasteiger partial charge in [0.25, 0.3) is 0 Å². The van der Waals surface area contributed by atoms with Crippen LogP contribution in [0, 0.1) is 5.92 Å². The van der Waals surface area contributed by atoms with Gasteiger partial charge in [-0.15, -0.1) is 0 Å². The van der Waals surface area contributed by atoms with Crippen LogP contribution in [0.3, 0.4) is 0 Å². The highest BCUT2D eigenvalue weighted by Gasteiger charge is 2.15. The molecule has 0 saturated carbocycles. The number of carboxylic acids is 1. The number of hydrogen-bond acceptors (Lipinski definition) is 3. The molecular formula is C12H21NO3. The van der Waals surface area contributed by atoms with Gasteiger partial charge >= 0.3 is 5.97 Å². The van der Waals surface area contributed by atoms with Crippen molar-refractivity contribution in [1.82, 2.24) is 4.90 Å². The normalized spacial score (nSPS) is 19.1. The standard InChI is InChI=1S/C12H21NO3/c1-10(7-12(14)15)8-13(2)9-11-3-5-16-6-4-11/h7,11H,3-6,8-9H2,1-2H3,(H,14,15). The van der Waals surface area contributed by atoms with E-state index in [4.69, 9.17) is 9.84 Å². The van der Waals surface area contributed by atoms with E-state index in [1.165, 1.54) is 6.08 Å². The lowest BCUT2D eigenvalue weighted by Crippen LogP contribution is -2.30. The molecule has 1 fully saturated rings. The summed E-state index contributed by atoms with van der Waals surface area (Å²) in [5.74, 6) is -0.173. The lowest BCUT2D eigenvalue weighted by atomic mass is 10.00. The Bertz CT molecular complexity index is 257. The molecule has 1 aliphatic rings. The Labute approximate surface area is 96.9 Å². The highest BCUT2D eigenvalue weighted by Crippen LogP contribution is 2.15. The Morgan fingerprint density at radius 1 is 1.50 bits per heavy atom. The van der Waals surface area contributed by atoms with Gasteiger partial charge in [-0.25, -0.2) is 4.79 Å². The zero-order valence-electron chi connectivity index (χ0n) is 10.1. The van der Waals surface area contributed by atoms with Crippen LogP contribution in [0.1, 0.15) is 19.8 Å². The van der Waals surface area contributed by atoms with Crippen LogP contribution in [-0.2, 0) is 9.53 Å². The number of rotatable bonds is 5. The second kappa shape index (κ2) is 6.66. The van der Waals surface area contributed by atoms with Gasteiger partial charge in [0.2, 0.25) is 0 Å². The van der Waals surface area contributed by atoms with Gasteiger partial charge < -0.3 is 14.7 Å². The first kappa shape index (κ1) is 13.2. The Morgan fingerprint density at radius 2 is 2.12 bits per heavy atom. The summed E-state index contributed by atoms with van der Waals surface area (Å²) in [5.41, 5.74) is 0.891. The van der Waals surface area contributed by atoms with E-state index < -0.39 is 5.97 Å². The number of carbonyl (C=O) groups is 1. The summed E-state index contributed by atoms with van der Waals surface area (Å²) in [5, 5.41) is 8.61. The van der Waals surface area contributed by atoms with E-state index in [1.54, 1.807) is 0 Å². The van der Waals surface area contributed by atoms with E-state index in [0.717, 1.165) is 44.7 Å². The molecule has 92 valence electrons. The van der Waals surface area contributed by atoms with E-state index in [2.05, 4.69) is 4.90 Å². The summed E-state index contributed by atoms with van der Waals surface area (Å²) >= 11 is 0. The lowest BCUT2D eigenvalue weighted by molar-refractivity contribution is -0.131. The fraction of sp³-hybridized carbons (Fsp3) is 0.750. The van der Waals surface area contributed by atoms with Gasteiger partial charge in [0.05, 0.1) is 0 Å². The maximum atomic E-state index is 10.5. The van der Waals surface area contributed by atoms with Crippen molar-refractivity contribution in [3.05, 3.63) is 11.6 Å². The molecule has 0 bridgehead atoms. The van der Waals surface area contributed by atoms with E-state index in [9.17, 15) is 4.79 Å². The summed E-state index contributed by atoms with van der Waals surface area (Å²) in [6.07, 6.45) is 3.51. The Morgan fingerprint density at radius 3 is 2.69 bits per heavy atom. The van der Waals surface area contributed by atoms with Crippen molar-refractivity contribution in [1.29, 1.82) is 0 Å². The van der Waals surface area contributed by atoms with Crippen LogP contribution in [0.4, 0.5) is 0 Å². The minimum atomic E-state index is -0.864. The molecule has 1 saturated heterocycles. The third-order valence-electron chi connectivity index (χ3n) is 2.80. The van der Waals surface area contributed by atoms with Gasteiger partial charge in [-0.05, 0) is 32.7 Å². The molecule has 0 radical (unpaired) electrons. The second-order valence-corrected chi connectivity index (χ2v) is 4.58. The van der Waals surface area contributed by atoms with Crippen LogP contribution in [0.25, 0.3) is 0 Å². The molecule has 1 rings (SSSR count). The van der Waals surface area contributed by atoms with Crippen molar-refractivity contribution in [2.75, 3.05) is 33.4 Å². The molecule has 0 aromatic carbocycles. The topological polar surface area (TPSA) is 49.8 Å². The van der Waals surface area contributed by atoms with Crippen molar-refractivity contribution < 1.29 is 14.6 Å². The maximum Gasteiger partial charge on any atom is 0.328 e. The third-order valence-corrected chi connectivity index (χ3v) is 2.80. The van der Waals surface area contributed by atoms with Crippen molar-refractivity contribution in [2.24, 2.45) is 5.92 Å². The Hall–Kier alpha value is -0.870. The van der Waals surface area contributed by atoms with Crippen LogP contribution >= 0.6 is 0 Å².